The lowest BCUT2D eigenvalue weighted by Crippen LogP contribution is -2.42. The molecular weight excluding hydrogens is 363 g/mol. The molecule has 2 aromatic carbocycles. The molecule has 4 heteroatoms. The number of anilines is 1. The highest BCUT2D eigenvalue weighted by atomic mass is 35.5. The van der Waals surface area contributed by atoms with Crippen molar-refractivity contribution in [3.63, 3.8) is 0 Å². The molecule has 0 aromatic heterocycles. The number of halogens is 2. The van der Waals surface area contributed by atoms with E-state index in [0.29, 0.717) is 15.6 Å². The third kappa shape index (κ3) is 3.38. The highest BCUT2D eigenvalue weighted by molar-refractivity contribution is 6.33. The van der Waals surface area contributed by atoms with Crippen LogP contribution in [0.15, 0.2) is 42.5 Å². The van der Waals surface area contributed by atoms with Gasteiger partial charge in [-0.2, -0.15) is 5.26 Å². The Bertz CT molecular complexity index is 978. The molecule has 0 bridgehead atoms. The molecule has 1 heterocycles. The van der Waals surface area contributed by atoms with Gasteiger partial charge in [-0.3, -0.25) is 0 Å². The minimum Gasteiger partial charge on any atom is -0.365 e. The topological polar surface area (TPSA) is 27.0 Å². The molecule has 0 fully saturated rings. The summed E-state index contributed by atoms with van der Waals surface area (Å²) in [6.07, 6.45) is 4.07. The Morgan fingerprint density at radius 2 is 1.92 bits per heavy atom. The van der Waals surface area contributed by atoms with Crippen LogP contribution in [-0.4, -0.2) is 12.6 Å². The first kappa shape index (κ1) is 18.6. The monoisotopic (exact) mass is 382 g/mol. The number of hydrogen-bond donors (Lipinski definition) is 0. The third-order valence-electron chi connectivity index (χ3n) is 4.89. The zero-order valence-electron chi connectivity index (χ0n) is 15.3. The number of allylic oxidation sites excluding steroid dienone is 2. The molecule has 3 rings (SSSR count). The summed E-state index contributed by atoms with van der Waals surface area (Å²) in [6, 6.07) is 13.6. The molecular formula is C22H20Cl2N2. The van der Waals surface area contributed by atoms with Crippen LogP contribution in [0.3, 0.4) is 0 Å². The van der Waals surface area contributed by atoms with Crippen molar-refractivity contribution in [2.45, 2.75) is 26.3 Å². The predicted molar refractivity (Wildman–Crippen MR) is 113 cm³/mol. The molecule has 132 valence electrons. The molecule has 1 aliphatic heterocycles. The second-order valence-corrected chi connectivity index (χ2v) is 7.95. The summed E-state index contributed by atoms with van der Waals surface area (Å²) in [5.74, 6) is 0. The number of nitriles is 1. The van der Waals surface area contributed by atoms with Gasteiger partial charge in [-0.25, -0.2) is 0 Å². The smallest absolute Gasteiger partial charge is 0.0998 e. The van der Waals surface area contributed by atoms with Crippen LogP contribution in [0.1, 0.15) is 37.5 Å². The van der Waals surface area contributed by atoms with Crippen LogP contribution in [0, 0.1) is 11.3 Å². The van der Waals surface area contributed by atoms with Gasteiger partial charge in [0.25, 0.3) is 0 Å². The van der Waals surface area contributed by atoms with Crippen LogP contribution >= 0.6 is 23.2 Å². The van der Waals surface area contributed by atoms with Crippen LogP contribution in [0.25, 0.3) is 17.2 Å². The van der Waals surface area contributed by atoms with E-state index in [0.717, 1.165) is 22.4 Å². The zero-order valence-corrected chi connectivity index (χ0v) is 16.8. The number of rotatable bonds is 2. The molecule has 1 aliphatic rings. The molecule has 2 aromatic rings. The van der Waals surface area contributed by atoms with Gasteiger partial charge in [0, 0.05) is 28.3 Å². The van der Waals surface area contributed by atoms with Crippen LogP contribution in [-0.2, 0) is 0 Å². The first-order valence-corrected chi connectivity index (χ1v) is 9.13. The number of likely N-dealkylation sites (N-methyl/N-ethyl adjacent to an activating group) is 1. The van der Waals surface area contributed by atoms with E-state index in [1.165, 1.54) is 5.57 Å². The van der Waals surface area contributed by atoms with Gasteiger partial charge in [-0.1, -0.05) is 41.4 Å². The summed E-state index contributed by atoms with van der Waals surface area (Å²) >= 11 is 12.6. The molecule has 0 N–H and O–H groups in total. The summed E-state index contributed by atoms with van der Waals surface area (Å²) in [7, 11) is 2.07. The van der Waals surface area contributed by atoms with Crippen molar-refractivity contribution in [3.8, 4) is 6.07 Å². The van der Waals surface area contributed by atoms with E-state index in [2.05, 4.69) is 50.9 Å². The molecule has 0 atom stereocenters. The Labute approximate surface area is 165 Å². The van der Waals surface area contributed by atoms with Crippen molar-refractivity contribution in [3.05, 3.63) is 69.2 Å². The quantitative estimate of drug-likeness (QED) is 0.427. The summed E-state index contributed by atoms with van der Waals surface area (Å²) in [5.41, 5.74) is 5.48. The van der Waals surface area contributed by atoms with Crippen LogP contribution in [0.5, 0.6) is 0 Å². The molecule has 0 saturated carbocycles. The SMILES string of the molecule is CC1=CC(C)(C)N(C)c2cc(Cl)c(/C=C(/C#N)c3cccc(Cl)c3)cc21. The maximum atomic E-state index is 9.60. The normalized spacial score (nSPS) is 16.0. The summed E-state index contributed by atoms with van der Waals surface area (Å²) in [4.78, 5) is 2.22. The summed E-state index contributed by atoms with van der Waals surface area (Å²) < 4.78 is 0. The number of fused-ring (bicyclic) bond motifs is 1. The van der Waals surface area contributed by atoms with E-state index in [1.54, 1.807) is 12.1 Å². The first-order chi connectivity index (χ1) is 12.2. The van der Waals surface area contributed by atoms with Crippen molar-refractivity contribution in [2.24, 2.45) is 0 Å². The fourth-order valence-electron chi connectivity index (χ4n) is 3.29. The van der Waals surface area contributed by atoms with Crippen molar-refractivity contribution >= 4 is 46.1 Å². The lowest BCUT2D eigenvalue weighted by molar-refractivity contribution is 0.598. The molecule has 0 aliphatic carbocycles. The average molecular weight is 383 g/mol. The molecule has 0 spiro atoms. The Morgan fingerprint density at radius 3 is 2.58 bits per heavy atom. The second kappa shape index (κ2) is 6.83. The molecule has 26 heavy (non-hydrogen) atoms. The van der Waals surface area contributed by atoms with Crippen molar-refractivity contribution in [1.82, 2.24) is 0 Å². The summed E-state index contributed by atoms with van der Waals surface area (Å²) in [6.45, 7) is 6.46. The van der Waals surface area contributed by atoms with Gasteiger partial charge >= 0.3 is 0 Å². The molecule has 0 radical (unpaired) electrons. The lowest BCUT2D eigenvalue weighted by Gasteiger charge is -2.40. The minimum atomic E-state index is -0.0730. The maximum Gasteiger partial charge on any atom is 0.0998 e. The van der Waals surface area contributed by atoms with Crippen molar-refractivity contribution in [1.29, 1.82) is 5.26 Å². The van der Waals surface area contributed by atoms with E-state index in [1.807, 2.05) is 24.3 Å². The van der Waals surface area contributed by atoms with Gasteiger partial charge in [-0.15, -0.1) is 0 Å². The summed E-state index contributed by atoms with van der Waals surface area (Å²) in [5, 5.41) is 10.8. The highest BCUT2D eigenvalue weighted by Gasteiger charge is 2.29. The third-order valence-corrected chi connectivity index (χ3v) is 5.45. The lowest BCUT2D eigenvalue weighted by atomic mass is 9.88. The van der Waals surface area contributed by atoms with Crippen LogP contribution < -0.4 is 4.90 Å². The van der Waals surface area contributed by atoms with Gasteiger partial charge in [-0.05, 0) is 67.8 Å². The van der Waals surface area contributed by atoms with Gasteiger partial charge < -0.3 is 4.90 Å². The average Bonchev–Trinajstić information content (AvgIpc) is 2.58. The minimum absolute atomic E-state index is 0.0730. The van der Waals surface area contributed by atoms with Crippen LogP contribution in [0.4, 0.5) is 5.69 Å². The van der Waals surface area contributed by atoms with Gasteiger partial charge in [0.15, 0.2) is 0 Å². The van der Waals surface area contributed by atoms with Crippen molar-refractivity contribution in [2.75, 3.05) is 11.9 Å². The standard InChI is InChI=1S/C22H20Cl2N2/c1-14-12-22(2,3)26(4)21-11-20(24)16(10-19(14)21)8-17(13-25)15-6-5-7-18(23)9-15/h5-12H,1-4H3/b17-8-. The molecule has 0 saturated heterocycles. The highest BCUT2D eigenvalue weighted by Crippen LogP contribution is 2.41. The largest absolute Gasteiger partial charge is 0.365 e. The number of nitrogens with zero attached hydrogens (tertiary/aromatic N) is 2. The van der Waals surface area contributed by atoms with E-state index < -0.39 is 0 Å². The fourth-order valence-corrected chi connectivity index (χ4v) is 3.69. The number of benzene rings is 2. The molecule has 2 nitrogen and oxygen atoms in total. The Kier molecular flexibility index (Phi) is 4.88. The van der Waals surface area contributed by atoms with E-state index in [-0.39, 0.29) is 5.54 Å². The van der Waals surface area contributed by atoms with Gasteiger partial charge in [0.2, 0.25) is 0 Å². The predicted octanol–water partition coefficient (Wildman–Crippen LogP) is 6.69. The Hall–Kier alpha value is -2.21. The zero-order chi connectivity index (χ0) is 19.1. The Balaban J connectivity index is 2.13. The number of hydrogen-bond acceptors (Lipinski definition) is 2. The molecule has 0 unspecified atom stereocenters. The van der Waals surface area contributed by atoms with Gasteiger partial charge in [0.1, 0.15) is 0 Å². The first-order valence-electron chi connectivity index (χ1n) is 8.38. The fraction of sp³-hybridized carbons (Fsp3) is 0.227. The van der Waals surface area contributed by atoms with Crippen LogP contribution in [0.2, 0.25) is 10.0 Å². The maximum absolute atomic E-state index is 9.60. The van der Waals surface area contributed by atoms with Crippen molar-refractivity contribution < 1.29 is 0 Å². The Morgan fingerprint density at radius 1 is 1.19 bits per heavy atom. The van der Waals surface area contributed by atoms with E-state index >= 15 is 0 Å². The van der Waals surface area contributed by atoms with Gasteiger partial charge in [0.05, 0.1) is 17.2 Å². The van der Waals surface area contributed by atoms with E-state index in [9.17, 15) is 5.26 Å². The molecule has 0 amide bonds. The second-order valence-electron chi connectivity index (χ2n) is 7.11. The van der Waals surface area contributed by atoms with E-state index in [4.69, 9.17) is 23.2 Å².